The molecule has 0 spiro atoms. The maximum Gasteiger partial charge on any atom is 0.416 e. The topological polar surface area (TPSA) is 55.7 Å². The molecule has 3 rings (SSSR count). The van der Waals surface area contributed by atoms with Gasteiger partial charge in [-0.05, 0) is 37.5 Å². The zero-order valence-corrected chi connectivity index (χ0v) is 15.4. The Morgan fingerprint density at radius 2 is 2.00 bits per heavy atom. The quantitative estimate of drug-likeness (QED) is 0.676. The summed E-state index contributed by atoms with van der Waals surface area (Å²) >= 11 is 6.18. The van der Waals surface area contributed by atoms with Gasteiger partial charge in [0.2, 0.25) is 0 Å². The third-order valence-corrected chi connectivity index (χ3v) is 5.28. The summed E-state index contributed by atoms with van der Waals surface area (Å²) in [6.07, 6.45) is -3.03. The number of nitrogens with zero attached hydrogens (tertiary/aromatic N) is 1. The van der Waals surface area contributed by atoms with E-state index in [0.717, 1.165) is 12.1 Å². The zero-order chi connectivity index (χ0) is 19.9. The van der Waals surface area contributed by atoms with E-state index in [1.807, 2.05) is 0 Å². The molecule has 2 aliphatic rings. The number of alkyl halides is 3. The average molecular weight is 400 g/mol. The van der Waals surface area contributed by atoms with Crippen molar-refractivity contribution in [2.45, 2.75) is 38.3 Å². The Balaban J connectivity index is 2.19. The molecule has 1 aliphatic carbocycles. The van der Waals surface area contributed by atoms with Crippen LogP contribution in [0.5, 0.6) is 0 Å². The van der Waals surface area contributed by atoms with E-state index in [2.05, 4.69) is 4.99 Å². The average Bonchev–Trinajstić information content (AvgIpc) is 2.59. The van der Waals surface area contributed by atoms with Crippen LogP contribution in [0.2, 0.25) is 5.02 Å². The molecule has 144 valence electrons. The molecule has 0 amide bonds. The lowest BCUT2D eigenvalue weighted by molar-refractivity contribution is -0.143. The molecule has 0 saturated heterocycles. The first-order chi connectivity index (χ1) is 12.6. The first kappa shape index (κ1) is 19.6. The fourth-order valence-corrected chi connectivity index (χ4v) is 4.03. The van der Waals surface area contributed by atoms with Crippen LogP contribution in [0.25, 0.3) is 0 Å². The van der Waals surface area contributed by atoms with E-state index in [-0.39, 0.29) is 16.4 Å². The van der Waals surface area contributed by atoms with Gasteiger partial charge in [0.1, 0.15) is 5.92 Å². The standard InChI is InChI=1S/C19H17ClF3NO3/c1-9-15(18(26)27-2)16(17-13(24-9)4-3-5-14(17)25)11-7-6-10(8-12(11)20)19(21,22)23/h6-8,15-16H,3-5H2,1-2H3/t15?,16-/m0/s1. The van der Waals surface area contributed by atoms with Crippen molar-refractivity contribution in [2.75, 3.05) is 7.11 Å². The van der Waals surface area contributed by atoms with Crippen LogP contribution in [0.15, 0.2) is 34.5 Å². The minimum Gasteiger partial charge on any atom is -0.468 e. The number of methoxy groups -OCH3 is 1. The van der Waals surface area contributed by atoms with Gasteiger partial charge in [-0.1, -0.05) is 17.7 Å². The van der Waals surface area contributed by atoms with Crippen LogP contribution in [0.3, 0.4) is 0 Å². The normalized spacial score (nSPS) is 23.0. The summed E-state index contributed by atoms with van der Waals surface area (Å²) in [6, 6.07) is 2.96. The number of rotatable bonds is 2. The Morgan fingerprint density at radius 3 is 2.59 bits per heavy atom. The number of allylic oxidation sites excluding steroid dienone is 2. The van der Waals surface area contributed by atoms with Crippen molar-refractivity contribution in [2.24, 2.45) is 10.9 Å². The van der Waals surface area contributed by atoms with Crippen LogP contribution in [-0.2, 0) is 20.5 Å². The minimum atomic E-state index is -4.54. The number of carbonyl (C=O) groups excluding carboxylic acids is 2. The predicted octanol–water partition coefficient (Wildman–Crippen LogP) is 4.71. The molecule has 1 heterocycles. The van der Waals surface area contributed by atoms with E-state index < -0.39 is 29.5 Å². The van der Waals surface area contributed by atoms with Gasteiger partial charge in [0, 0.05) is 34.3 Å². The number of carbonyl (C=O) groups is 2. The van der Waals surface area contributed by atoms with Crippen molar-refractivity contribution in [3.63, 3.8) is 0 Å². The molecule has 0 aromatic heterocycles. The first-order valence-corrected chi connectivity index (χ1v) is 8.78. The summed E-state index contributed by atoms with van der Waals surface area (Å²) in [5.41, 5.74) is 0.776. The fourth-order valence-electron chi connectivity index (χ4n) is 3.73. The van der Waals surface area contributed by atoms with Crippen LogP contribution < -0.4 is 0 Å². The van der Waals surface area contributed by atoms with Gasteiger partial charge in [0.25, 0.3) is 0 Å². The molecule has 27 heavy (non-hydrogen) atoms. The Kier molecular flexibility index (Phi) is 5.16. The maximum absolute atomic E-state index is 13.0. The fraction of sp³-hybridized carbons (Fsp3) is 0.421. The lowest BCUT2D eigenvalue weighted by Crippen LogP contribution is -2.37. The zero-order valence-electron chi connectivity index (χ0n) is 14.7. The monoisotopic (exact) mass is 399 g/mol. The van der Waals surface area contributed by atoms with Crippen LogP contribution in [-0.4, -0.2) is 24.6 Å². The number of ether oxygens (including phenoxy) is 1. The van der Waals surface area contributed by atoms with Gasteiger partial charge in [-0.25, -0.2) is 0 Å². The molecule has 0 N–H and O–H groups in total. The highest BCUT2D eigenvalue weighted by Crippen LogP contribution is 2.46. The largest absolute Gasteiger partial charge is 0.468 e. The van der Waals surface area contributed by atoms with Gasteiger partial charge in [-0.15, -0.1) is 0 Å². The second-order valence-electron chi connectivity index (χ2n) is 6.60. The van der Waals surface area contributed by atoms with Gasteiger partial charge in [0.05, 0.1) is 12.7 Å². The van der Waals surface area contributed by atoms with E-state index in [0.29, 0.717) is 36.2 Å². The molecule has 4 nitrogen and oxygen atoms in total. The van der Waals surface area contributed by atoms with E-state index in [4.69, 9.17) is 16.3 Å². The van der Waals surface area contributed by atoms with E-state index in [1.54, 1.807) is 6.92 Å². The van der Waals surface area contributed by atoms with Crippen molar-refractivity contribution < 1.29 is 27.5 Å². The summed E-state index contributed by atoms with van der Waals surface area (Å²) in [6.45, 7) is 1.65. The smallest absolute Gasteiger partial charge is 0.416 e. The highest BCUT2D eigenvalue weighted by Gasteiger charge is 2.44. The van der Waals surface area contributed by atoms with Crippen LogP contribution >= 0.6 is 11.6 Å². The number of benzene rings is 1. The van der Waals surface area contributed by atoms with Gasteiger partial charge in [-0.3, -0.25) is 14.6 Å². The summed E-state index contributed by atoms with van der Waals surface area (Å²) in [7, 11) is 1.22. The number of aliphatic imine (C=N–C) groups is 1. The molecular weight excluding hydrogens is 383 g/mol. The Labute approximate surface area is 159 Å². The van der Waals surface area contributed by atoms with Crippen LogP contribution in [0, 0.1) is 5.92 Å². The first-order valence-electron chi connectivity index (χ1n) is 8.41. The highest BCUT2D eigenvalue weighted by molar-refractivity contribution is 6.31. The van der Waals surface area contributed by atoms with Crippen molar-refractivity contribution in [3.05, 3.63) is 45.6 Å². The number of ketones is 1. The van der Waals surface area contributed by atoms with E-state index >= 15 is 0 Å². The minimum absolute atomic E-state index is 0.149. The Morgan fingerprint density at radius 1 is 1.30 bits per heavy atom. The molecule has 1 aliphatic heterocycles. The predicted molar refractivity (Wildman–Crippen MR) is 93.7 cm³/mol. The van der Waals surface area contributed by atoms with Gasteiger partial charge < -0.3 is 4.74 Å². The van der Waals surface area contributed by atoms with Crippen LogP contribution in [0.1, 0.15) is 43.2 Å². The van der Waals surface area contributed by atoms with Crippen molar-refractivity contribution >= 4 is 29.1 Å². The SMILES string of the molecule is COC(=O)C1C(C)=NC2=C(C(=O)CCC2)[C@H]1c1ccc(C(F)(F)F)cc1Cl. The summed E-state index contributed by atoms with van der Waals surface area (Å²) in [5.74, 6) is -2.50. The molecule has 8 heteroatoms. The number of halogens is 4. The summed E-state index contributed by atoms with van der Waals surface area (Å²) < 4.78 is 43.8. The Hall–Kier alpha value is -2.15. The van der Waals surface area contributed by atoms with Gasteiger partial charge in [-0.2, -0.15) is 13.2 Å². The maximum atomic E-state index is 13.0. The molecule has 0 bridgehead atoms. The van der Waals surface area contributed by atoms with Gasteiger partial charge >= 0.3 is 12.1 Å². The molecule has 0 saturated carbocycles. The van der Waals surface area contributed by atoms with E-state index in [9.17, 15) is 22.8 Å². The number of hydrogen-bond donors (Lipinski definition) is 0. The lowest BCUT2D eigenvalue weighted by atomic mass is 9.71. The number of esters is 1. The molecule has 1 unspecified atom stereocenters. The molecule has 1 aromatic rings. The Bertz CT molecular complexity index is 873. The lowest BCUT2D eigenvalue weighted by Gasteiger charge is -2.34. The van der Waals surface area contributed by atoms with Crippen molar-refractivity contribution in [3.8, 4) is 0 Å². The second-order valence-corrected chi connectivity index (χ2v) is 7.01. The molecule has 0 radical (unpaired) electrons. The number of Topliss-reactive ketones (excluding diaryl/α,β-unsaturated/α-hetero) is 1. The molecular formula is C19H17ClF3NO3. The number of hydrogen-bond acceptors (Lipinski definition) is 4. The van der Waals surface area contributed by atoms with E-state index in [1.165, 1.54) is 13.2 Å². The second kappa shape index (κ2) is 7.11. The van der Waals surface area contributed by atoms with Crippen LogP contribution in [0.4, 0.5) is 13.2 Å². The van der Waals surface area contributed by atoms with Crippen molar-refractivity contribution in [1.29, 1.82) is 0 Å². The molecule has 2 atom stereocenters. The highest BCUT2D eigenvalue weighted by atomic mass is 35.5. The summed E-state index contributed by atoms with van der Waals surface area (Å²) in [5, 5.41) is -0.149. The third-order valence-electron chi connectivity index (χ3n) is 4.95. The summed E-state index contributed by atoms with van der Waals surface area (Å²) in [4.78, 5) is 29.4. The van der Waals surface area contributed by atoms with Gasteiger partial charge in [0.15, 0.2) is 5.78 Å². The van der Waals surface area contributed by atoms with Crippen molar-refractivity contribution in [1.82, 2.24) is 0 Å². The molecule has 1 aromatic carbocycles. The molecule has 0 fully saturated rings. The third kappa shape index (κ3) is 3.52.